The summed E-state index contributed by atoms with van der Waals surface area (Å²) in [4.78, 5) is 6.71. The summed E-state index contributed by atoms with van der Waals surface area (Å²) < 4.78 is 2.00. The zero-order valence-corrected chi connectivity index (χ0v) is 12.5. The van der Waals surface area contributed by atoms with Gasteiger partial charge >= 0.3 is 0 Å². The average molecular weight is 265 g/mol. The lowest BCUT2D eigenvalue weighted by atomic mass is 9.85. The fraction of sp³-hybridized carbons (Fsp3) is 0.857. The molecule has 0 radical (unpaired) electrons. The third-order valence-electron chi connectivity index (χ3n) is 4.58. The van der Waals surface area contributed by atoms with Gasteiger partial charge in [0.05, 0.1) is 0 Å². The van der Waals surface area contributed by atoms with E-state index in [-0.39, 0.29) is 11.6 Å². The highest BCUT2D eigenvalue weighted by Gasteiger charge is 2.41. The van der Waals surface area contributed by atoms with Crippen molar-refractivity contribution in [2.45, 2.75) is 63.6 Å². The zero-order chi connectivity index (χ0) is 13.9. The van der Waals surface area contributed by atoms with Crippen molar-refractivity contribution in [3.05, 3.63) is 12.2 Å². The molecule has 19 heavy (non-hydrogen) atoms. The van der Waals surface area contributed by atoms with Crippen molar-refractivity contribution in [2.75, 3.05) is 14.1 Å². The minimum atomic E-state index is 0.129. The third-order valence-corrected chi connectivity index (χ3v) is 4.58. The molecule has 1 aliphatic rings. The Morgan fingerprint density at radius 3 is 2.68 bits per heavy atom. The van der Waals surface area contributed by atoms with E-state index in [0.29, 0.717) is 0 Å². The second-order valence-corrected chi connectivity index (χ2v) is 5.92. The lowest BCUT2D eigenvalue weighted by Crippen LogP contribution is -2.56. The molecule has 0 saturated heterocycles. The number of nitrogens with zero attached hydrogens (tertiary/aromatic N) is 4. The number of hydrogen-bond acceptors (Lipinski definition) is 4. The molecule has 5 heteroatoms. The van der Waals surface area contributed by atoms with E-state index in [2.05, 4.69) is 36.0 Å². The molecule has 1 atom stereocenters. The molecule has 2 rings (SSSR count). The van der Waals surface area contributed by atoms with Gasteiger partial charge in [0.25, 0.3) is 0 Å². The van der Waals surface area contributed by atoms with Crippen molar-refractivity contribution in [3.63, 3.8) is 0 Å². The van der Waals surface area contributed by atoms with Crippen LogP contribution >= 0.6 is 0 Å². The predicted molar refractivity (Wildman–Crippen MR) is 76.9 cm³/mol. The van der Waals surface area contributed by atoms with E-state index < -0.39 is 0 Å². The maximum absolute atomic E-state index is 6.55. The molecule has 1 saturated carbocycles. The highest BCUT2D eigenvalue weighted by atomic mass is 15.3. The molecule has 5 nitrogen and oxygen atoms in total. The Hall–Kier alpha value is -0.940. The van der Waals surface area contributed by atoms with Crippen LogP contribution < -0.4 is 5.73 Å². The van der Waals surface area contributed by atoms with Gasteiger partial charge in [-0.2, -0.15) is 5.10 Å². The summed E-state index contributed by atoms with van der Waals surface area (Å²) in [5.41, 5.74) is 6.69. The van der Waals surface area contributed by atoms with Gasteiger partial charge in [-0.15, -0.1) is 0 Å². The van der Waals surface area contributed by atoms with Crippen LogP contribution in [0.5, 0.6) is 0 Å². The summed E-state index contributed by atoms with van der Waals surface area (Å²) in [6.07, 6.45) is 8.50. The van der Waals surface area contributed by atoms with Crippen LogP contribution in [0.1, 0.15) is 44.9 Å². The molecule has 1 heterocycles. The maximum atomic E-state index is 6.55. The third kappa shape index (κ3) is 2.82. The van der Waals surface area contributed by atoms with E-state index >= 15 is 0 Å². The van der Waals surface area contributed by atoms with Crippen LogP contribution in [0.25, 0.3) is 0 Å². The first kappa shape index (κ1) is 14.5. The molecular weight excluding hydrogens is 238 g/mol. The van der Waals surface area contributed by atoms with Crippen LogP contribution in [-0.2, 0) is 13.0 Å². The molecular formula is C14H27N5. The molecule has 0 bridgehead atoms. The van der Waals surface area contributed by atoms with Crippen LogP contribution in [-0.4, -0.2) is 45.3 Å². The van der Waals surface area contributed by atoms with E-state index in [9.17, 15) is 0 Å². The maximum Gasteiger partial charge on any atom is 0.138 e. The Morgan fingerprint density at radius 1 is 1.42 bits per heavy atom. The van der Waals surface area contributed by atoms with Crippen LogP contribution in [0.15, 0.2) is 6.33 Å². The van der Waals surface area contributed by atoms with Gasteiger partial charge in [-0.05, 0) is 33.4 Å². The minimum Gasteiger partial charge on any atom is -0.326 e. The van der Waals surface area contributed by atoms with E-state index in [4.69, 9.17) is 5.73 Å². The Kier molecular flexibility index (Phi) is 4.58. The number of likely N-dealkylation sites (N-methyl/N-ethyl adjacent to an activating group) is 1. The molecule has 1 aromatic heterocycles. The molecule has 0 aromatic carbocycles. The second kappa shape index (κ2) is 6.01. The van der Waals surface area contributed by atoms with Crippen molar-refractivity contribution in [1.29, 1.82) is 0 Å². The first-order valence-electron chi connectivity index (χ1n) is 7.40. The average Bonchev–Trinajstić information content (AvgIpc) is 3.00. The molecule has 2 N–H and O–H groups in total. The quantitative estimate of drug-likeness (QED) is 0.845. The molecule has 1 aliphatic carbocycles. The van der Waals surface area contributed by atoms with Gasteiger partial charge in [0.1, 0.15) is 12.2 Å². The van der Waals surface area contributed by atoms with Gasteiger partial charge in [0.15, 0.2) is 0 Å². The summed E-state index contributed by atoms with van der Waals surface area (Å²) in [7, 11) is 4.31. The number of nitrogens with two attached hydrogens (primary N) is 1. The van der Waals surface area contributed by atoms with Crippen LogP contribution in [0.4, 0.5) is 0 Å². The standard InChI is InChI=1S/C14H27N5/c1-4-9-19-13(16-11-17-19)10-12(15)14(18(2)3)7-5-6-8-14/h11-12H,4-10,15H2,1-3H3. The van der Waals surface area contributed by atoms with Gasteiger partial charge in [-0.1, -0.05) is 19.8 Å². The van der Waals surface area contributed by atoms with Crippen molar-refractivity contribution in [1.82, 2.24) is 19.7 Å². The monoisotopic (exact) mass is 265 g/mol. The van der Waals surface area contributed by atoms with Crippen molar-refractivity contribution >= 4 is 0 Å². The van der Waals surface area contributed by atoms with Crippen molar-refractivity contribution in [3.8, 4) is 0 Å². The number of rotatable bonds is 6. The molecule has 0 aliphatic heterocycles. The van der Waals surface area contributed by atoms with E-state index in [0.717, 1.165) is 25.2 Å². The molecule has 1 aromatic rings. The largest absolute Gasteiger partial charge is 0.326 e. The topological polar surface area (TPSA) is 60.0 Å². The SMILES string of the molecule is CCCn1ncnc1CC(N)C1(N(C)C)CCCC1. The van der Waals surface area contributed by atoms with Gasteiger partial charge in [-0.25, -0.2) is 4.98 Å². The summed E-state index contributed by atoms with van der Waals surface area (Å²) >= 11 is 0. The Balaban J connectivity index is 2.10. The number of hydrogen-bond donors (Lipinski definition) is 1. The fourth-order valence-corrected chi connectivity index (χ4v) is 3.37. The number of aryl methyl sites for hydroxylation is 1. The summed E-state index contributed by atoms with van der Waals surface area (Å²) in [5.74, 6) is 1.03. The van der Waals surface area contributed by atoms with E-state index in [1.165, 1.54) is 25.7 Å². The highest BCUT2D eigenvalue weighted by molar-refractivity contribution is 5.04. The normalized spacial score (nSPS) is 20.1. The Bertz CT molecular complexity index is 392. The summed E-state index contributed by atoms with van der Waals surface area (Å²) in [6.45, 7) is 3.08. The second-order valence-electron chi connectivity index (χ2n) is 5.92. The molecule has 0 spiro atoms. The highest BCUT2D eigenvalue weighted by Crippen LogP contribution is 2.36. The first-order chi connectivity index (χ1) is 9.10. The lowest BCUT2D eigenvalue weighted by Gasteiger charge is -2.41. The Labute approximate surface area is 116 Å². The van der Waals surface area contributed by atoms with E-state index in [1.54, 1.807) is 6.33 Å². The van der Waals surface area contributed by atoms with Crippen molar-refractivity contribution < 1.29 is 0 Å². The molecule has 108 valence electrons. The fourth-order valence-electron chi connectivity index (χ4n) is 3.37. The molecule has 0 amide bonds. The van der Waals surface area contributed by atoms with Gasteiger partial charge < -0.3 is 10.6 Å². The Morgan fingerprint density at radius 2 is 2.11 bits per heavy atom. The van der Waals surface area contributed by atoms with Crippen LogP contribution in [0.2, 0.25) is 0 Å². The number of aromatic nitrogens is 3. The van der Waals surface area contributed by atoms with Crippen LogP contribution in [0.3, 0.4) is 0 Å². The van der Waals surface area contributed by atoms with E-state index in [1.807, 2.05) is 4.68 Å². The smallest absolute Gasteiger partial charge is 0.138 e. The molecule has 1 unspecified atom stereocenters. The minimum absolute atomic E-state index is 0.129. The van der Waals surface area contributed by atoms with Crippen molar-refractivity contribution in [2.24, 2.45) is 5.73 Å². The predicted octanol–water partition coefficient (Wildman–Crippen LogP) is 1.43. The first-order valence-corrected chi connectivity index (χ1v) is 7.40. The summed E-state index contributed by atoms with van der Waals surface area (Å²) in [5, 5.41) is 4.29. The van der Waals surface area contributed by atoms with Crippen LogP contribution in [0, 0.1) is 0 Å². The molecule has 1 fully saturated rings. The van der Waals surface area contributed by atoms with Gasteiger partial charge in [0, 0.05) is 24.5 Å². The summed E-state index contributed by atoms with van der Waals surface area (Å²) in [6, 6.07) is 0.129. The zero-order valence-electron chi connectivity index (χ0n) is 12.5. The van der Waals surface area contributed by atoms with Gasteiger partial charge in [0.2, 0.25) is 0 Å². The lowest BCUT2D eigenvalue weighted by molar-refractivity contribution is 0.121. The van der Waals surface area contributed by atoms with Gasteiger partial charge in [-0.3, -0.25) is 4.68 Å².